The topological polar surface area (TPSA) is 43.1 Å². The van der Waals surface area contributed by atoms with E-state index < -0.39 is 0 Å². The molecule has 0 bridgehead atoms. The molecule has 0 aliphatic heterocycles. The number of halogens is 1. The smallest absolute Gasteiger partial charge is 0.203 e. The van der Waals surface area contributed by atoms with Gasteiger partial charge in [0, 0.05) is 21.2 Å². The molecule has 1 aromatic carbocycles. The number of aryl methyl sites for hydroxylation is 1. The van der Waals surface area contributed by atoms with Gasteiger partial charge in [-0.05, 0) is 37.3 Å². The van der Waals surface area contributed by atoms with Crippen LogP contribution in [0.2, 0.25) is 5.02 Å². The summed E-state index contributed by atoms with van der Waals surface area (Å²) in [7, 11) is 0. The van der Waals surface area contributed by atoms with Crippen LogP contribution in [-0.2, 0) is 0 Å². The van der Waals surface area contributed by atoms with Gasteiger partial charge in [-0.25, -0.2) is 0 Å². The van der Waals surface area contributed by atoms with Crippen molar-refractivity contribution in [2.45, 2.75) is 6.92 Å². The van der Waals surface area contributed by atoms with Crippen molar-refractivity contribution in [3.63, 3.8) is 0 Å². The quantitative estimate of drug-likeness (QED) is 0.656. The van der Waals surface area contributed by atoms with Crippen molar-refractivity contribution in [1.29, 1.82) is 0 Å². The van der Waals surface area contributed by atoms with Crippen LogP contribution in [0.1, 0.15) is 20.1 Å². The third kappa shape index (κ3) is 2.26. The molecule has 0 saturated carbocycles. The highest BCUT2D eigenvalue weighted by atomic mass is 35.5. The number of benzene rings is 1. The second kappa shape index (κ2) is 4.28. The summed E-state index contributed by atoms with van der Waals surface area (Å²) in [6.07, 6.45) is 0. The zero-order chi connectivity index (χ0) is 11.7. The number of carbonyl (C=O) groups is 1. The number of hydrogen-bond acceptors (Lipinski definition) is 3. The molecule has 0 spiro atoms. The average Bonchev–Trinajstić information content (AvgIpc) is 2.62. The molecule has 1 heterocycles. The summed E-state index contributed by atoms with van der Waals surface area (Å²) in [5, 5.41) is 0.483. The predicted octanol–water partition coefficient (Wildman–Crippen LogP) is 3.52. The van der Waals surface area contributed by atoms with Crippen molar-refractivity contribution < 1.29 is 4.79 Å². The molecule has 1 aromatic heterocycles. The third-order valence-corrected chi connectivity index (χ3v) is 3.36. The van der Waals surface area contributed by atoms with Gasteiger partial charge in [-0.2, -0.15) is 0 Å². The Balaban J connectivity index is 2.41. The molecule has 2 nitrogen and oxygen atoms in total. The van der Waals surface area contributed by atoms with Gasteiger partial charge in [0.1, 0.15) is 0 Å². The lowest BCUT2D eigenvalue weighted by molar-refractivity contribution is 0.104. The minimum atomic E-state index is -0.0349. The fraction of sp³-hybridized carbons (Fsp3) is 0.0833. The summed E-state index contributed by atoms with van der Waals surface area (Å²) in [6, 6.07) is 8.64. The molecule has 0 amide bonds. The van der Waals surface area contributed by atoms with Crippen LogP contribution in [0.15, 0.2) is 30.3 Å². The van der Waals surface area contributed by atoms with Crippen LogP contribution in [0.3, 0.4) is 0 Å². The van der Waals surface area contributed by atoms with Crippen molar-refractivity contribution in [1.82, 2.24) is 0 Å². The van der Waals surface area contributed by atoms with Crippen molar-refractivity contribution in [2.24, 2.45) is 0 Å². The fourth-order valence-corrected chi connectivity index (χ4v) is 2.52. The van der Waals surface area contributed by atoms with Crippen LogP contribution < -0.4 is 5.73 Å². The maximum Gasteiger partial charge on any atom is 0.203 e. The Morgan fingerprint density at radius 2 is 2.06 bits per heavy atom. The summed E-state index contributed by atoms with van der Waals surface area (Å²) in [5.74, 6) is -0.0349. The average molecular weight is 252 g/mol. The van der Waals surface area contributed by atoms with E-state index in [2.05, 4.69) is 0 Å². The molecule has 0 radical (unpaired) electrons. The summed E-state index contributed by atoms with van der Waals surface area (Å²) in [6.45, 7) is 1.97. The molecule has 0 aliphatic rings. The third-order valence-electron chi connectivity index (χ3n) is 2.15. The summed E-state index contributed by atoms with van der Waals surface area (Å²) >= 11 is 7.33. The molecule has 0 unspecified atom stereocenters. The van der Waals surface area contributed by atoms with Crippen LogP contribution in [0.4, 0.5) is 5.69 Å². The normalized spacial score (nSPS) is 10.4. The number of ketones is 1. The highest BCUT2D eigenvalue weighted by molar-refractivity contribution is 7.14. The van der Waals surface area contributed by atoms with Gasteiger partial charge >= 0.3 is 0 Å². The van der Waals surface area contributed by atoms with Gasteiger partial charge in [0.05, 0.1) is 4.88 Å². The summed E-state index contributed by atoms with van der Waals surface area (Å²) in [5.41, 5.74) is 6.69. The van der Waals surface area contributed by atoms with E-state index in [1.165, 1.54) is 11.3 Å². The zero-order valence-electron chi connectivity index (χ0n) is 8.66. The van der Waals surface area contributed by atoms with Gasteiger partial charge in [-0.1, -0.05) is 11.6 Å². The number of nitrogen functional groups attached to an aromatic ring is 1. The molecule has 16 heavy (non-hydrogen) atoms. The minimum Gasteiger partial charge on any atom is -0.399 e. The first-order valence-corrected chi connectivity index (χ1v) is 5.93. The van der Waals surface area contributed by atoms with Crippen molar-refractivity contribution in [2.75, 3.05) is 5.73 Å². The maximum atomic E-state index is 12.1. The predicted molar refractivity (Wildman–Crippen MR) is 68.4 cm³/mol. The summed E-state index contributed by atoms with van der Waals surface area (Å²) < 4.78 is 0. The number of anilines is 1. The van der Waals surface area contributed by atoms with E-state index in [1.807, 2.05) is 19.1 Å². The molecule has 2 aromatic rings. The Morgan fingerprint density at radius 3 is 2.62 bits per heavy atom. The highest BCUT2D eigenvalue weighted by Crippen LogP contribution is 2.23. The molecular formula is C12H10ClNOS. The van der Waals surface area contributed by atoms with Crippen LogP contribution >= 0.6 is 22.9 Å². The number of hydrogen-bond donors (Lipinski definition) is 1. The zero-order valence-corrected chi connectivity index (χ0v) is 10.2. The molecular weight excluding hydrogens is 242 g/mol. The van der Waals surface area contributed by atoms with E-state index in [4.69, 9.17) is 17.3 Å². The highest BCUT2D eigenvalue weighted by Gasteiger charge is 2.12. The van der Waals surface area contributed by atoms with E-state index in [0.717, 1.165) is 4.88 Å². The van der Waals surface area contributed by atoms with E-state index in [9.17, 15) is 4.79 Å². The summed E-state index contributed by atoms with van der Waals surface area (Å²) in [4.78, 5) is 13.9. The van der Waals surface area contributed by atoms with E-state index >= 15 is 0 Å². The number of thiophene rings is 1. The Hall–Kier alpha value is -1.32. The Labute approximate surface area is 103 Å². The maximum absolute atomic E-state index is 12.1. The Bertz CT molecular complexity index is 527. The minimum absolute atomic E-state index is 0.0349. The van der Waals surface area contributed by atoms with E-state index in [1.54, 1.807) is 18.2 Å². The van der Waals surface area contributed by atoms with Crippen molar-refractivity contribution >= 4 is 34.4 Å². The molecule has 0 atom stereocenters. The van der Waals surface area contributed by atoms with E-state index in [0.29, 0.717) is 21.2 Å². The number of rotatable bonds is 2. The molecule has 4 heteroatoms. The van der Waals surface area contributed by atoms with Gasteiger partial charge in [0.25, 0.3) is 0 Å². The SMILES string of the molecule is Cc1ccc(C(=O)c2cc(N)cc(Cl)c2)s1. The molecule has 2 N–H and O–H groups in total. The van der Waals surface area contributed by atoms with Gasteiger partial charge in [0.2, 0.25) is 5.78 Å². The van der Waals surface area contributed by atoms with Crippen LogP contribution in [0.5, 0.6) is 0 Å². The standard InChI is InChI=1S/C12H10ClNOS/c1-7-2-3-11(16-7)12(15)8-4-9(13)6-10(14)5-8/h2-6H,14H2,1H3. The van der Waals surface area contributed by atoms with Crippen molar-refractivity contribution in [3.8, 4) is 0 Å². The lowest BCUT2D eigenvalue weighted by Crippen LogP contribution is -1.99. The number of nitrogens with two attached hydrogens (primary N) is 1. The second-order valence-electron chi connectivity index (χ2n) is 3.51. The monoisotopic (exact) mass is 251 g/mol. The van der Waals surface area contributed by atoms with Crippen LogP contribution in [-0.4, -0.2) is 5.78 Å². The van der Waals surface area contributed by atoms with Crippen LogP contribution in [0, 0.1) is 6.92 Å². The van der Waals surface area contributed by atoms with Gasteiger partial charge in [-0.15, -0.1) is 11.3 Å². The largest absolute Gasteiger partial charge is 0.399 e. The Kier molecular flexibility index (Phi) is 2.99. The molecule has 2 rings (SSSR count). The van der Waals surface area contributed by atoms with Gasteiger partial charge < -0.3 is 5.73 Å². The van der Waals surface area contributed by atoms with Gasteiger partial charge in [0.15, 0.2) is 0 Å². The second-order valence-corrected chi connectivity index (χ2v) is 5.24. The van der Waals surface area contributed by atoms with Crippen molar-refractivity contribution in [3.05, 3.63) is 50.7 Å². The fourth-order valence-electron chi connectivity index (χ4n) is 1.44. The molecule has 0 fully saturated rings. The Morgan fingerprint density at radius 1 is 1.31 bits per heavy atom. The van der Waals surface area contributed by atoms with Crippen LogP contribution in [0.25, 0.3) is 0 Å². The lowest BCUT2D eigenvalue weighted by atomic mass is 10.1. The molecule has 0 aliphatic carbocycles. The first kappa shape index (κ1) is 11.2. The molecule has 0 saturated heterocycles. The number of carbonyl (C=O) groups excluding carboxylic acids is 1. The van der Waals surface area contributed by atoms with E-state index in [-0.39, 0.29) is 5.78 Å². The first-order chi connectivity index (χ1) is 7.56. The first-order valence-electron chi connectivity index (χ1n) is 4.73. The lowest BCUT2D eigenvalue weighted by Gasteiger charge is -2.01. The van der Waals surface area contributed by atoms with Gasteiger partial charge in [-0.3, -0.25) is 4.79 Å². The molecule has 82 valence electrons.